The van der Waals surface area contributed by atoms with Crippen molar-refractivity contribution in [2.24, 2.45) is 11.3 Å². The van der Waals surface area contributed by atoms with E-state index in [2.05, 4.69) is 13.8 Å². The highest BCUT2D eigenvalue weighted by Gasteiger charge is 2.43. The molecule has 0 fully saturated rings. The minimum Gasteiger partial charge on any atom is -0.465 e. The second-order valence-electron chi connectivity index (χ2n) is 5.32. The molecule has 0 aromatic rings. The lowest BCUT2D eigenvalue weighted by Crippen LogP contribution is -2.40. The molecule has 0 saturated heterocycles. The Balaban J connectivity index is 4.46. The van der Waals surface area contributed by atoms with Crippen molar-refractivity contribution >= 4 is 11.9 Å². The number of hydrogen-bond acceptors (Lipinski definition) is 5. The Kier molecular flexibility index (Phi) is 9.21. The van der Waals surface area contributed by atoms with Gasteiger partial charge in [-0.1, -0.05) is 13.8 Å². The molecular formula is C15H28O5. The number of esters is 2. The highest BCUT2D eigenvalue weighted by Crippen LogP contribution is 2.25. The maximum absolute atomic E-state index is 12.0. The second kappa shape index (κ2) is 9.75. The fourth-order valence-corrected chi connectivity index (χ4v) is 1.57. The van der Waals surface area contributed by atoms with Crippen molar-refractivity contribution in [3.8, 4) is 0 Å². The lowest BCUT2D eigenvalue weighted by atomic mass is 9.87. The largest absolute Gasteiger partial charge is 0.465 e. The fourth-order valence-electron chi connectivity index (χ4n) is 1.57. The van der Waals surface area contributed by atoms with E-state index < -0.39 is 17.4 Å². The van der Waals surface area contributed by atoms with Crippen LogP contribution in [0.3, 0.4) is 0 Å². The fraction of sp³-hybridized carbons (Fsp3) is 0.867. The molecule has 20 heavy (non-hydrogen) atoms. The van der Waals surface area contributed by atoms with E-state index in [0.717, 1.165) is 6.42 Å². The maximum atomic E-state index is 12.0. The molecule has 0 saturated carbocycles. The molecule has 118 valence electrons. The maximum Gasteiger partial charge on any atom is 0.323 e. The first kappa shape index (κ1) is 18.9. The van der Waals surface area contributed by atoms with E-state index in [1.807, 2.05) is 0 Å². The predicted molar refractivity (Wildman–Crippen MR) is 76.3 cm³/mol. The Morgan fingerprint density at radius 3 is 1.90 bits per heavy atom. The molecule has 0 aliphatic heterocycles. The Morgan fingerprint density at radius 2 is 1.50 bits per heavy atom. The smallest absolute Gasteiger partial charge is 0.323 e. The third kappa shape index (κ3) is 6.37. The van der Waals surface area contributed by atoms with Crippen LogP contribution in [0.5, 0.6) is 0 Å². The van der Waals surface area contributed by atoms with Crippen LogP contribution in [0.1, 0.15) is 47.5 Å². The molecule has 0 rings (SSSR count). The van der Waals surface area contributed by atoms with E-state index in [-0.39, 0.29) is 19.6 Å². The number of carbonyl (C=O) groups is 2. The summed E-state index contributed by atoms with van der Waals surface area (Å²) in [6, 6.07) is 0. The van der Waals surface area contributed by atoms with Gasteiger partial charge >= 0.3 is 11.9 Å². The Morgan fingerprint density at radius 1 is 1.00 bits per heavy atom. The summed E-state index contributed by atoms with van der Waals surface area (Å²) in [5, 5.41) is 0. The molecular weight excluding hydrogens is 260 g/mol. The van der Waals surface area contributed by atoms with E-state index >= 15 is 0 Å². The van der Waals surface area contributed by atoms with Crippen LogP contribution in [0, 0.1) is 11.3 Å². The van der Waals surface area contributed by atoms with Gasteiger partial charge in [0.25, 0.3) is 0 Å². The third-order valence-electron chi connectivity index (χ3n) is 3.04. The van der Waals surface area contributed by atoms with Crippen LogP contribution in [0.25, 0.3) is 0 Å². The highest BCUT2D eigenvalue weighted by atomic mass is 16.6. The van der Waals surface area contributed by atoms with Crippen molar-refractivity contribution in [3.05, 3.63) is 0 Å². The SMILES string of the molecule is CCOC(=O)C(C)(CCOCCC(C)C)C(=O)OCC. The van der Waals surface area contributed by atoms with Crippen molar-refractivity contribution in [1.29, 1.82) is 0 Å². The average molecular weight is 288 g/mol. The topological polar surface area (TPSA) is 61.8 Å². The van der Waals surface area contributed by atoms with Crippen LogP contribution in [-0.2, 0) is 23.8 Å². The third-order valence-corrected chi connectivity index (χ3v) is 3.04. The Hall–Kier alpha value is -1.10. The number of rotatable bonds is 10. The van der Waals surface area contributed by atoms with Crippen molar-refractivity contribution in [2.75, 3.05) is 26.4 Å². The first-order chi connectivity index (χ1) is 9.38. The minimum atomic E-state index is -1.29. The first-order valence-electron chi connectivity index (χ1n) is 7.30. The van der Waals surface area contributed by atoms with Crippen LogP contribution in [-0.4, -0.2) is 38.4 Å². The van der Waals surface area contributed by atoms with Crippen molar-refractivity contribution in [3.63, 3.8) is 0 Å². The summed E-state index contributed by atoms with van der Waals surface area (Å²) >= 11 is 0. The minimum absolute atomic E-state index is 0.238. The first-order valence-corrected chi connectivity index (χ1v) is 7.30. The molecule has 5 nitrogen and oxygen atoms in total. The average Bonchev–Trinajstić information content (AvgIpc) is 2.38. The van der Waals surface area contributed by atoms with Gasteiger partial charge in [0, 0.05) is 13.2 Å². The molecule has 0 radical (unpaired) electrons. The van der Waals surface area contributed by atoms with Gasteiger partial charge in [-0.15, -0.1) is 0 Å². The summed E-state index contributed by atoms with van der Waals surface area (Å²) in [5.74, 6) is -0.534. The zero-order valence-electron chi connectivity index (χ0n) is 13.4. The van der Waals surface area contributed by atoms with Gasteiger partial charge < -0.3 is 14.2 Å². The van der Waals surface area contributed by atoms with E-state index in [9.17, 15) is 9.59 Å². The van der Waals surface area contributed by atoms with E-state index in [1.165, 1.54) is 0 Å². The van der Waals surface area contributed by atoms with Crippen LogP contribution < -0.4 is 0 Å². The summed E-state index contributed by atoms with van der Waals surface area (Å²) < 4.78 is 15.4. The van der Waals surface area contributed by atoms with Gasteiger partial charge in [-0.25, -0.2) is 0 Å². The summed E-state index contributed by atoms with van der Waals surface area (Å²) in [5.41, 5.74) is -1.29. The molecule has 0 aromatic heterocycles. The lowest BCUT2D eigenvalue weighted by molar-refractivity contribution is -0.172. The molecule has 0 aliphatic rings. The quantitative estimate of drug-likeness (QED) is 0.351. The molecule has 5 heteroatoms. The van der Waals surface area contributed by atoms with Gasteiger partial charge in [-0.3, -0.25) is 9.59 Å². The lowest BCUT2D eigenvalue weighted by Gasteiger charge is -2.24. The van der Waals surface area contributed by atoms with E-state index in [0.29, 0.717) is 19.1 Å². The van der Waals surface area contributed by atoms with Gasteiger partial charge in [0.1, 0.15) is 0 Å². The Labute approximate surface area is 122 Å². The molecule has 0 spiro atoms. The van der Waals surface area contributed by atoms with Crippen molar-refractivity contribution < 1.29 is 23.8 Å². The van der Waals surface area contributed by atoms with Gasteiger partial charge in [0.05, 0.1) is 13.2 Å². The van der Waals surface area contributed by atoms with E-state index in [1.54, 1.807) is 20.8 Å². The molecule has 0 unspecified atom stereocenters. The molecule has 0 aromatic carbocycles. The molecule has 0 amide bonds. The van der Waals surface area contributed by atoms with Crippen LogP contribution in [0.4, 0.5) is 0 Å². The van der Waals surface area contributed by atoms with Crippen molar-refractivity contribution in [1.82, 2.24) is 0 Å². The van der Waals surface area contributed by atoms with Crippen LogP contribution in [0.2, 0.25) is 0 Å². The molecule has 0 N–H and O–H groups in total. The van der Waals surface area contributed by atoms with Crippen molar-refractivity contribution in [2.45, 2.75) is 47.5 Å². The van der Waals surface area contributed by atoms with Gasteiger partial charge in [-0.2, -0.15) is 0 Å². The number of hydrogen-bond donors (Lipinski definition) is 0. The second-order valence-corrected chi connectivity index (χ2v) is 5.32. The summed E-state index contributed by atoms with van der Waals surface area (Å²) in [4.78, 5) is 23.9. The Bertz CT molecular complexity index is 281. The van der Waals surface area contributed by atoms with E-state index in [4.69, 9.17) is 14.2 Å². The van der Waals surface area contributed by atoms with Gasteiger partial charge in [-0.05, 0) is 39.5 Å². The predicted octanol–water partition coefficient (Wildman–Crippen LogP) is 2.57. The van der Waals surface area contributed by atoms with Gasteiger partial charge in [0.15, 0.2) is 5.41 Å². The molecule has 0 bridgehead atoms. The van der Waals surface area contributed by atoms with Crippen LogP contribution in [0.15, 0.2) is 0 Å². The number of carbonyl (C=O) groups excluding carboxylic acids is 2. The monoisotopic (exact) mass is 288 g/mol. The van der Waals surface area contributed by atoms with Crippen LogP contribution >= 0.6 is 0 Å². The molecule has 0 atom stereocenters. The summed E-state index contributed by atoms with van der Waals surface area (Å²) in [6.07, 6.45) is 1.22. The van der Waals surface area contributed by atoms with Gasteiger partial charge in [0.2, 0.25) is 0 Å². The summed E-state index contributed by atoms with van der Waals surface area (Å²) in [6.45, 7) is 10.6. The molecule has 0 aliphatic carbocycles. The summed E-state index contributed by atoms with van der Waals surface area (Å²) in [7, 11) is 0. The zero-order valence-corrected chi connectivity index (χ0v) is 13.4. The highest BCUT2D eigenvalue weighted by molar-refractivity contribution is 5.99. The molecule has 0 heterocycles. The zero-order chi connectivity index (χ0) is 15.6. The normalized spacial score (nSPS) is 11.5. The standard InChI is InChI=1S/C15H28O5/c1-6-19-13(16)15(5,14(17)20-7-2)9-11-18-10-8-12(3)4/h12H,6-11H2,1-5H3. The number of ether oxygens (including phenoxy) is 3.